The summed E-state index contributed by atoms with van der Waals surface area (Å²) >= 11 is 5.95. The van der Waals surface area contributed by atoms with Crippen molar-refractivity contribution in [3.63, 3.8) is 0 Å². The summed E-state index contributed by atoms with van der Waals surface area (Å²) in [4.78, 5) is 4.60. The van der Waals surface area contributed by atoms with E-state index in [0.717, 1.165) is 17.9 Å². The highest BCUT2D eigenvalue weighted by molar-refractivity contribution is 6.17. The van der Waals surface area contributed by atoms with Crippen molar-refractivity contribution < 1.29 is 4.74 Å². The number of hydrogen-bond acceptors (Lipinski definition) is 2. The lowest BCUT2D eigenvalue weighted by atomic mass is 9.91. The van der Waals surface area contributed by atoms with Crippen molar-refractivity contribution >= 4 is 11.6 Å². The highest BCUT2D eigenvalue weighted by Crippen LogP contribution is 2.25. The van der Waals surface area contributed by atoms with E-state index in [1.54, 1.807) is 0 Å². The maximum atomic E-state index is 5.95. The van der Waals surface area contributed by atoms with E-state index in [2.05, 4.69) is 45.7 Å². The molecule has 108 valence electrons. The van der Waals surface area contributed by atoms with Gasteiger partial charge in [0.25, 0.3) is 0 Å². The molecule has 1 unspecified atom stereocenters. The normalized spacial score (nSPS) is 13.4. The zero-order chi connectivity index (χ0) is 14.5. The average molecular weight is 284 g/mol. The zero-order valence-corrected chi connectivity index (χ0v) is 13.5. The Morgan fingerprint density at radius 3 is 2.53 bits per heavy atom. The minimum Gasteiger partial charge on any atom is -0.477 e. The number of hydrogen-bond donors (Lipinski definition) is 0. The highest BCUT2D eigenvalue weighted by Gasteiger charge is 2.17. The van der Waals surface area contributed by atoms with Crippen LogP contribution in [0.1, 0.15) is 58.7 Å². The van der Waals surface area contributed by atoms with E-state index in [9.17, 15) is 0 Å². The lowest BCUT2D eigenvalue weighted by molar-refractivity contribution is 0.241. The summed E-state index contributed by atoms with van der Waals surface area (Å²) in [6.45, 7) is 11.6. The molecule has 0 fully saturated rings. The molecule has 0 saturated carbocycles. The van der Waals surface area contributed by atoms with Crippen LogP contribution in [0.5, 0.6) is 5.88 Å². The molecule has 0 spiro atoms. The largest absolute Gasteiger partial charge is 0.477 e. The second-order valence-corrected chi connectivity index (χ2v) is 6.55. The monoisotopic (exact) mass is 283 g/mol. The fraction of sp³-hybridized carbons (Fsp3) is 0.688. The minimum atomic E-state index is 0.00914. The third-order valence-corrected chi connectivity index (χ3v) is 3.39. The van der Waals surface area contributed by atoms with Gasteiger partial charge < -0.3 is 4.74 Å². The van der Waals surface area contributed by atoms with Crippen molar-refractivity contribution in [1.82, 2.24) is 4.98 Å². The van der Waals surface area contributed by atoms with Gasteiger partial charge in [-0.3, -0.25) is 0 Å². The van der Waals surface area contributed by atoms with Crippen LogP contribution in [-0.4, -0.2) is 11.6 Å². The lowest BCUT2D eigenvalue weighted by Gasteiger charge is -2.20. The van der Waals surface area contributed by atoms with Crippen molar-refractivity contribution in [3.8, 4) is 5.88 Å². The Hall–Kier alpha value is -0.760. The Kier molecular flexibility index (Phi) is 6.12. The van der Waals surface area contributed by atoms with Gasteiger partial charge in [-0.2, -0.15) is 0 Å². The second-order valence-electron chi connectivity index (χ2n) is 6.29. The molecule has 1 rings (SSSR count). The van der Waals surface area contributed by atoms with Crippen LogP contribution >= 0.6 is 11.6 Å². The van der Waals surface area contributed by atoms with Gasteiger partial charge in [-0.25, -0.2) is 4.98 Å². The molecule has 2 nitrogen and oxygen atoms in total. The van der Waals surface area contributed by atoms with Gasteiger partial charge in [-0.15, -0.1) is 11.6 Å². The van der Waals surface area contributed by atoms with E-state index in [4.69, 9.17) is 16.3 Å². The number of rotatable bonds is 6. The fourth-order valence-corrected chi connectivity index (χ4v) is 2.05. The minimum absolute atomic E-state index is 0.00914. The summed E-state index contributed by atoms with van der Waals surface area (Å²) in [6.07, 6.45) is 2.37. The standard InChI is InChI=1S/C16H26ClNO/c1-6-7-12(2)11-19-15-9-13(10-17)8-14(18-15)16(3,4)5/h8-9,12H,6-7,10-11H2,1-5H3. The maximum absolute atomic E-state index is 5.95. The number of aromatic nitrogens is 1. The molecule has 0 amide bonds. The Balaban J connectivity index is 2.83. The van der Waals surface area contributed by atoms with Crippen molar-refractivity contribution in [3.05, 3.63) is 23.4 Å². The third-order valence-electron chi connectivity index (χ3n) is 3.08. The van der Waals surface area contributed by atoms with Crippen molar-refractivity contribution in [2.75, 3.05) is 6.61 Å². The number of pyridine rings is 1. The van der Waals surface area contributed by atoms with Gasteiger partial charge in [0.05, 0.1) is 12.3 Å². The Morgan fingerprint density at radius 1 is 1.32 bits per heavy atom. The first-order valence-corrected chi connectivity index (χ1v) is 7.60. The molecule has 0 bridgehead atoms. The SMILES string of the molecule is CCCC(C)COc1cc(CCl)cc(C(C)(C)C)n1. The highest BCUT2D eigenvalue weighted by atomic mass is 35.5. The smallest absolute Gasteiger partial charge is 0.213 e. The summed E-state index contributed by atoms with van der Waals surface area (Å²) < 4.78 is 5.83. The number of nitrogens with zero attached hydrogens (tertiary/aromatic N) is 1. The molecule has 1 heterocycles. The molecule has 1 atom stereocenters. The van der Waals surface area contributed by atoms with E-state index < -0.39 is 0 Å². The van der Waals surface area contributed by atoms with Crippen LogP contribution in [0, 0.1) is 5.92 Å². The molecular weight excluding hydrogens is 258 g/mol. The molecule has 19 heavy (non-hydrogen) atoms. The Labute approximate surface area is 122 Å². The van der Waals surface area contributed by atoms with Crippen LogP contribution in [0.15, 0.2) is 12.1 Å². The molecule has 0 aliphatic carbocycles. The molecule has 1 aromatic rings. The molecule has 0 radical (unpaired) electrons. The molecule has 0 aliphatic rings. The summed E-state index contributed by atoms with van der Waals surface area (Å²) in [5.74, 6) is 1.75. The van der Waals surface area contributed by atoms with E-state index in [-0.39, 0.29) is 5.41 Å². The van der Waals surface area contributed by atoms with Gasteiger partial charge in [0.1, 0.15) is 0 Å². The summed E-state index contributed by atoms with van der Waals surface area (Å²) in [6, 6.07) is 4.01. The number of alkyl halides is 1. The van der Waals surface area contributed by atoms with Crippen molar-refractivity contribution in [2.24, 2.45) is 5.92 Å². The van der Waals surface area contributed by atoms with Crippen LogP contribution in [0.4, 0.5) is 0 Å². The number of halogens is 1. The fourth-order valence-electron chi connectivity index (χ4n) is 1.90. The topological polar surface area (TPSA) is 22.1 Å². The molecule has 0 N–H and O–H groups in total. The first kappa shape index (κ1) is 16.3. The van der Waals surface area contributed by atoms with Crippen molar-refractivity contribution in [1.29, 1.82) is 0 Å². The molecule has 3 heteroatoms. The van der Waals surface area contributed by atoms with Gasteiger partial charge in [0.15, 0.2) is 0 Å². The van der Waals surface area contributed by atoms with Gasteiger partial charge in [-0.05, 0) is 24.0 Å². The maximum Gasteiger partial charge on any atom is 0.213 e. The summed E-state index contributed by atoms with van der Waals surface area (Å²) in [5, 5.41) is 0. The number of ether oxygens (including phenoxy) is 1. The first-order valence-electron chi connectivity index (χ1n) is 7.07. The third kappa shape index (κ3) is 5.40. The van der Waals surface area contributed by atoms with E-state index in [1.165, 1.54) is 12.8 Å². The zero-order valence-electron chi connectivity index (χ0n) is 12.8. The molecule has 0 aliphatic heterocycles. The predicted molar refractivity (Wildman–Crippen MR) is 82.1 cm³/mol. The predicted octanol–water partition coefficient (Wildman–Crippen LogP) is 4.93. The van der Waals surface area contributed by atoms with Gasteiger partial charge >= 0.3 is 0 Å². The summed E-state index contributed by atoms with van der Waals surface area (Å²) in [5.41, 5.74) is 2.11. The van der Waals surface area contributed by atoms with Crippen LogP contribution in [-0.2, 0) is 11.3 Å². The lowest BCUT2D eigenvalue weighted by Crippen LogP contribution is -2.16. The quantitative estimate of drug-likeness (QED) is 0.691. The van der Waals surface area contributed by atoms with Gasteiger partial charge in [0.2, 0.25) is 5.88 Å². The van der Waals surface area contributed by atoms with Gasteiger partial charge in [0, 0.05) is 17.4 Å². The molecule has 0 aromatic carbocycles. The van der Waals surface area contributed by atoms with E-state index >= 15 is 0 Å². The average Bonchev–Trinajstić information content (AvgIpc) is 2.35. The second kappa shape index (κ2) is 7.14. The van der Waals surface area contributed by atoms with Crippen LogP contribution < -0.4 is 4.74 Å². The molecule has 0 saturated heterocycles. The molecular formula is C16H26ClNO. The van der Waals surface area contributed by atoms with E-state index in [1.807, 2.05) is 6.07 Å². The van der Waals surface area contributed by atoms with Gasteiger partial charge in [-0.1, -0.05) is 41.0 Å². The first-order chi connectivity index (χ1) is 8.86. The molecule has 1 aromatic heterocycles. The van der Waals surface area contributed by atoms with E-state index in [0.29, 0.717) is 17.7 Å². The Morgan fingerprint density at radius 2 is 2.00 bits per heavy atom. The Bertz CT molecular complexity index is 398. The van der Waals surface area contributed by atoms with Crippen LogP contribution in [0.3, 0.4) is 0 Å². The van der Waals surface area contributed by atoms with Crippen LogP contribution in [0.25, 0.3) is 0 Å². The van der Waals surface area contributed by atoms with Crippen LogP contribution in [0.2, 0.25) is 0 Å². The van der Waals surface area contributed by atoms with Crippen molar-refractivity contribution in [2.45, 2.75) is 58.8 Å². The summed E-state index contributed by atoms with van der Waals surface area (Å²) in [7, 11) is 0.